The van der Waals surface area contributed by atoms with Crippen molar-refractivity contribution < 1.29 is 22.3 Å². The Kier molecular flexibility index (Phi) is 23.9. The smallest absolute Gasteiger partial charge is 0.380 e. The topological polar surface area (TPSA) is 25.4 Å². The number of rotatable bonds is 1. The van der Waals surface area contributed by atoms with Crippen LogP contribution >= 0.6 is 0 Å². The van der Waals surface area contributed by atoms with Crippen LogP contribution in [0.2, 0.25) is 0 Å². The van der Waals surface area contributed by atoms with Gasteiger partial charge in [-0.05, 0) is 189 Å². The first-order valence-corrected chi connectivity index (χ1v) is 29.4. The molecule has 5 rings (SSSR count). The second kappa shape index (κ2) is 24.7. The molecular formula is C64H129F4N5O. The van der Waals surface area contributed by atoms with Gasteiger partial charge in [-0.3, -0.25) is 24.5 Å². The molecule has 5 aliphatic heterocycles. The minimum absolute atomic E-state index is 0.00544. The van der Waals surface area contributed by atoms with Crippen LogP contribution in [-0.2, 0) is 4.74 Å². The fraction of sp³-hybridized carbons (Fsp3) is 1.00. The Morgan fingerprint density at radius 2 is 0.757 bits per heavy atom. The SMILES string of the molecule is CC(C)(C)C1CC(C(F)(F)F)CN1C(C)(C)C.CC(C)(C)C1CCCN1C(C)(C)C.CC1(F)CC(C(C)(C)C)N(C(C)(C)C)C1.CC1CC(C(C)(C)C)N(C(C)(C)C)C1.COC1CC(C(C)(C)C)N(C(C)(C)C)C1. The molecule has 9 atom stereocenters. The summed E-state index contributed by atoms with van der Waals surface area (Å²) in [6.45, 7) is 75.7. The third kappa shape index (κ3) is 21.8. The number of nitrogens with zero attached hydrogens (tertiary/aromatic N) is 5. The van der Waals surface area contributed by atoms with E-state index in [0.717, 1.165) is 31.0 Å². The molecule has 0 saturated carbocycles. The molecule has 10 heteroatoms. The van der Waals surface area contributed by atoms with E-state index in [9.17, 15) is 17.6 Å². The van der Waals surface area contributed by atoms with Crippen LogP contribution in [-0.4, -0.2) is 140 Å². The van der Waals surface area contributed by atoms with E-state index in [1.807, 2.05) is 53.6 Å². The fourth-order valence-corrected chi connectivity index (χ4v) is 12.8. The molecule has 9 unspecified atom stereocenters. The van der Waals surface area contributed by atoms with E-state index in [2.05, 4.69) is 193 Å². The maximum absolute atomic E-state index is 14.1. The molecule has 0 aromatic heterocycles. The molecule has 0 spiro atoms. The third-order valence-electron chi connectivity index (χ3n) is 16.9. The predicted molar refractivity (Wildman–Crippen MR) is 315 cm³/mol. The number of halogens is 4. The Labute approximate surface area is 459 Å². The normalized spacial score (nSPS) is 30.3. The van der Waals surface area contributed by atoms with Gasteiger partial charge >= 0.3 is 6.18 Å². The van der Waals surface area contributed by atoms with Gasteiger partial charge in [0.25, 0.3) is 0 Å². The first-order chi connectivity index (χ1) is 32.3. The van der Waals surface area contributed by atoms with Crippen LogP contribution in [0.3, 0.4) is 0 Å². The summed E-state index contributed by atoms with van der Waals surface area (Å²) in [5.41, 5.74) is 0.945. The minimum Gasteiger partial charge on any atom is -0.380 e. The van der Waals surface area contributed by atoms with Gasteiger partial charge in [0, 0.05) is 91.2 Å². The number of alkyl halides is 4. The van der Waals surface area contributed by atoms with Crippen LogP contribution in [0.1, 0.15) is 260 Å². The first kappa shape index (κ1) is 71.5. The third-order valence-corrected chi connectivity index (χ3v) is 16.9. The molecule has 0 aromatic carbocycles. The predicted octanol–water partition coefficient (Wildman–Crippen LogP) is 17.5. The Morgan fingerprint density at radius 3 is 1.03 bits per heavy atom. The molecule has 0 bridgehead atoms. The van der Waals surface area contributed by atoms with Gasteiger partial charge in [0.15, 0.2) is 0 Å². The molecule has 0 aromatic rings. The molecule has 0 aliphatic carbocycles. The van der Waals surface area contributed by atoms with Crippen molar-refractivity contribution in [1.82, 2.24) is 24.5 Å². The summed E-state index contributed by atoms with van der Waals surface area (Å²) >= 11 is 0. The standard InChI is InChI=1S/C13H24F3N.C13H26FN.C13H27NO.C13H27N.C12H25N/c1-11(2,3)10-7-9(13(14,15)16)8-17(10)12(4,5)6;1-11(2,3)10-8-13(7,14)9-15(10)12(4,5)6;1-12(2,3)11-8-10(15-7)9-14(11)13(4,5)6;1-10-8-11(12(2,3)4)14(9-10)13(5,6)7;1-11(2,3)10-8-7-9-13(10)12(4,5)6/h9-10H,7-8H2,1-6H3;10H,8-9H2,1-7H3;10-11H,8-9H2,1-7H3;10-11H,8-9H2,1-7H3;10H,7-9H2,1-6H3. The molecule has 74 heavy (non-hydrogen) atoms. The average molecular weight is 1060 g/mol. The molecule has 0 amide bonds. The van der Waals surface area contributed by atoms with E-state index in [-0.39, 0.29) is 46.5 Å². The molecule has 5 heterocycles. The van der Waals surface area contributed by atoms with Crippen molar-refractivity contribution in [2.45, 2.75) is 336 Å². The van der Waals surface area contributed by atoms with Crippen LogP contribution in [0.25, 0.3) is 0 Å². The molecule has 5 aliphatic rings. The van der Waals surface area contributed by atoms with E-state index in [4.69, 9.17) is 4.74 Å². The number of hydrogen-bond acceptors (Lipinski definition) is 6. The van der Waals surface area contributed by atoms with Gasteiger partial charge in [-0.2, -0.15) is 13.2 Å². The highest BCUT2D eigenvalue weighted by molar-refractivity contribution is 5.04. The summed E-state index contributed by atoms with van der Waals surface area (Å²) in [6, 6.07) is 2.48. The lowest BCUT2D eigenvalue weighted by Crippen LogP contribution is -2.49. The number of likely N-dealkylation sites (tertiary alicyclic amines) is 5. The van der Waals surface area contributed by atoms with Gasteiger partial charge in [0.05, 0.1) is 12.0 Å². The first-order valence-electron chi connectivity index (χ1n) is 29.4. The molecular weight excluding hydrogens is 931 g/mol. The van der Waals surface area contributed by atoms with Crippen molar-refractivity contribution in [1.29, 1.82) is 0 Å². The maximum Gasteiger partial charge on any atom is 0.393 e. The fourth-order valence-electron chi connectivity index (χ4n) is 12.8. The van der Waals surface area contributed by atoms with E-state index in [1.165, 1.54) is 32.4 Å². The maximum atomic E-state index is 14.1. The average Bonchev–Trinajstić information content (AvgIpc) is 3.97. The van der Waals surface area contributed by atoms with E-state index in [1.54, 1.807) is 6.92 Å². The monoisotopic (exact) mass is 1060 g/mol. The molecule has 6 nitrogen and oxygen atoms in total. The van der Waals surface area contributed by atoms with Gasteiger partial charge in [-0.25, -0.2) is 4.39 Å². The molecule has 5 saturated heterocycles. The van der Waals surface area contributed by atoms with Gasteiger partial charge in [0.2, 0.25) is 0 Å². The molecule has 5 fully saturated rings. The van der Waals surface area contributed by atoms with Crippen molar-refractivity contribution in [3.63, 3.8) is 0 Å². The van der Waals surface area contributed by atoms with Crippen LogP contribution < -0.4 is 0 Å². The van der Waals surface area contributed by atoms with Gasteiger partial charge in [-0.15, -0.1) is 0 Å². The minimum atomic E-state index is -4.07. The van der Waals surface area contributed by atoms with Crippen LogP contribution in [0.4, 0.5) is 17.6 Å². The lowest BCUT2D eigenvalue weighted by atomic mass is 9.82. The Hall–Kier alpha value is -0.520. The van der Waals surface area contributed by atoms with E-state index < -0.39 is 17.8 Å². The van der Waals surface area contributed by atoms with E-state index >= 15 is 0 Å². The molecule has 0 radical (unpaired) electrons. The summed E-state index contributed by atoms with van der Waals surface area (Å²) in [6.07, 6.45) is 2.51. The highest BCUT2D eigenvalue weighted by atomic mass is 19.4. The second-order valence-electron chi connectivity index (χ2n) is 34.7. The highest BCUT2D eigenvalue weighted by Crippen LogP contribution is 2.46. The van der Waals surface area contributed by atoms with Crippen molar-refractivity contribution in [2.75, 3.05) is 39.8 Å². The number of methoxy groups -OCH3 is 1. The summed E-state index contributed by atoms with van der Waals surface area (Å²) < 4.78 is 58.2. The largest absolute Gasteiger partial charge is 0.393 e. The Balaban J connectivity index is 0.000000464. The lowest BCUT2D eigenvalue weighted by molar-refractivity contribution is -0.171. The second-order valence-corrected chi connectivity index (χ2v) is 34.7. The molecule has 444 valence electrons. The summed E-state index contributed by atoms with van der Waals surface area (Å²) in [4.78, 5) is 12.3. The number of hydrogen-bond donors (Lipinski definition) is 0. The van der Waals surface area contributed by atoms with Crippen molar-refractivity contribution in [3.8, 4) is 0 Å². The van der Waals surface area contributed by atoms with Crippen LogP contribution in [0, 0.1) is 38.9 Å². The highest BCUT2D eigenvalue weighted by Gasteiger charge is 2.53. The zero-order chi connectivity index (χ0) is 59.0. The quantitative estimate of drug-likeness (QED) is 0.243. The van der Waals surface area contributed by atoms with Crippen molar-refractivity contribution >= 4 is 0 Å². The summed E-state index contributed by atoms with van der Waals surface area (Å²) in [5, 5.41) is 0. The van der Waals surface area contributed by atoms with Gasteiger partial charge < -0.3 is 4.74 Å². The van der Waals surface area contributed by atoms with Crippen molar-refractivity contribution in [3.05, 3.63) is 0 Å². The molecule has 0 N–H and O–H groups in total. The van der Waals surface area contributed by atoms with Gasteiger partial charge in [-0.1, -0.05) is 111 Å². The lowest BCUT2D eigenvalue weighted by Gasteiger charge is -2.43. The Bertz CT molecular complexity index is 1550. The zero-order valence-electron chi connectivity index (χ0n) is 55.6. The summed E-state index contributed by atoms with van der Waals surface area (Å²) in [5.74, 6) is -0.315. The Morgan fingerprint density at radius 1 is 0.419 bits per heavy atom. The van der Waals surface area contributed by atoms with Crippen LogP contribution in [0.5, 0.6) is 0 Å². The number of ether oxygens (including phenoxy) is 1. The summed E-state index contributed by atoms with van der Waals surface area (Å²) in [7, 11) is 1.83. The zero-order valence-corrected chi connectivity index (χ0v) is 55.6. The van der Waals surface area contributed by atoms with E-state index in [0.29, 0.717) is 58.5 Å². The van der Waals surface area contributed by atoms with Gasteiger partial charge in [0.1, 0.15) is 5.67 Å². The van der Waals surface area contributed by atoms with Crippen LogP contribution in [0.15, 0.2) is 0 Å². The van der Waals surface area contributed by atoms with Crippen molar-refractivity contribution in [2.24, 2.45) is 38.9 Å².